The smallest absolute Gasteiger partial charge is 0.223 e. The molecule has 1 fully saturated rings. The van der Waals surface area contributed by atoms with E-state index in [1.165, 1.54) is 11.1 Å². The van der Waals surface area contributed by atoms with Crippen molar-refractivity contribution in [1.82, 2.24) is 15.1 Å². The molecular weight excluding hydrogens is 302 g/mol. The summed E-state index contributed by atoms with van der Waals surface area (Å²) in [7, 11) is 0. The van der Waals surface area contributed by atoms with Crippen LogP contribution in [0.3, 0.4) is 0 Å². The topological polar surface area (TPSA) is 56.1 Å². The molecule has 3 atom stereocenters. The molecule has 1 aliphatic carbocycles. The molecule has 1 aliphatic heterocycles. The predicted octanol–water partition coefficient (Wildman–Crippen LogP) is 2.32. The van der Waals surface area contributed by atoms with E-state index in [4.69, 9.17) is 9.84 Å². The predicted molar refractivity (Wildman–Crippen MR) is 90.4 cm³/mol. The van der Waals surface area contributed by atoms with E-state index in [9.17, 15) is 4.79 Å². The fourth-order valence-corrected chi connectivity index (χ4v) is 3.35. The minimum atomic E-state index is -0.135. The highest BCUT2D eigenvalue weighted by molar-refractivity contribution is 5.81. The van der Waals surface area contributed by atoms with Crippen LogP contribution in [0.2, 0.25) is 0 Å². The minimum Gasteiger partial charge on any atom is -0.370 e. The van der Waals surface area contributed by atoms with E-state index in [1.807, 2.05) is 22.9 Å². The SMILES string of the molecule is C[C@@H]1C[C@H]1C(=O)NC[C@@H]1OCCc2cn(Cc3ccccc3)nc21. The Labute approximate surface area is 142 Å². The molecular formula is C19H23N3O2. The summed E-state index contributed by atoms with van der Waals surface area (Å²) >= 11 is 0. The van der Waals surface area contributed by atoms with Gasteiger partial charge in [0.25, 0.3) is 0 Å². The third-order valence-electron chi connectivity index (χ3n) is 4.96. The molecule has 0 saturated heterocycles. The zero-order valence-electron chi connectivity index (χ0n) is 13.9. The van der Waals surface area contributed by atoms with Gasteiger partial charge in [-0.05, 0) is 29.9 Å². The number of hydrogen-bond donors (Lipinski definition) is 1. The lowest BCUT2D eigenvalue weighted by atomic mass is 10.1. The van der Waals surface area contributed by atoms with Gasteiger partial charge in [0.1, 0.15) is 6.10 Å². The van der Waals surface area contributed by atoms with Gasteiger partial charge in [-0.1, -0.05) is 37.3 Å². The Balaban J connectivity index is 1.43. The van der Waals surface area contributed by atoms with Crippen LogP contribution in [0.5, 0.6) is 0 Å². The van der Waals surface area contributed by atoms with Crippen LogP contribution in [0.1, 0.15) is 36.3 Å². The molecule has 0 unspecified atom stereocenters. The molecule has 1 saturated carbocycles. The molecule has 5 heteroatoms. The van der Waals surface area contributed by atoms with Crippen LogP contribution in [0.25, 0.3) is 0 Å². The highest BCUT2D eigenvalue weighted by atomic mass is 16.5. The summed E-state index contributed by atoms with van der Waals surface area (Å²) in [4.78, 5) is 12.0. The summed E-state index contributed by atoms with van der Waals surface area (Å²) in [5.74, 6) is 0.878. The summed E-state index contributed by atoms with van der Waals surface area (Å²) in [6.07, 6.45) is 3.87. The fraction of sp³-hybridized carbons (Fsp3) is 0.474. The molecule has 1 N–H and O–H groups in total. The van der Waals surface area contributed by atoms with Crippen LogP contribution in [0, 0.1) is 11.8 Å². The molecule has 126 valence electrons. The first kappa shape index (κ1) is 15.4. The molecule has 4 rings (SSSR count). The highest BCUT2D eigenvalue weighted by Gasteiger charge is 2.39. The number of ether oxygens (including phenoxy) is 1. The van der Waals surface area contributed by atoms with Gasteiger partial charge in [0, 0.05) is 18.7 Å². The van der Waals surface area contributed by atoms with Gasteiger partial charge < -0.3 is 10.1 Å². The van der Waals surface area contributed by atoms with Crippen LogP contribution >= 0.6 is 0 Å². The average molecular weight is 325 g/mol. The molecule has 0 spiro atoms. The van der Waals surface area contributed by atoms with Crippen molar-refractivity contribution in [1.29, 1.82) is 0 Å². The van der Waals surface area contributed by atoms with E-state index in [0.29, 0.717) is 19.1 Å². The third kappa shape index (κ3) is 3.22. The number of nitrogens with zero attached hydrogens (tertiary/aromatic N) is 2. The van der Waals surface area contributed by atoms with Gasteiger partial charge in [0.05, 0.1) is 18.8 Å². The quantitative estimate of drug-likeness (QED) is 0.918. The van der Waals surface area contributed by atoms with Crippen LogP contribution in [-0.2, 0) is 22.5 Å². The lowest BCUT2D eigenvalue weighted by molar-refractivity contribution is -0.123. The molecule has 0 radical (unpaired) electrons. The van der Waals surface area contributed by atoms with Crippen molar-refractivity contribution >= 4 is 5.91 Å². The third-order valence-corrected chi connectivity index (χ3v) is 4.96. The van der Waals surface area contributed by atoms with Crippen molar-refractivity contribution in [2.45, 2.75) is 32.4 Å². The monoisotopic (exact) mass is 325 g/mol. The maximum Gasteiger partial charge on any atom is 0.223 e. The Kier molecular flexibility index (Phi) is 4.10. The lowest BCUT2D eigenvalue weighted by Crippen LogP contribution is -2.33. The second-order valence-electron chi connectivity index (χ2n) is 6.90. The number of fused-ring (bicyclic) bond motifs is 1. The van der Waals surface area contributed by atoms with E-state index in [0.717, 1.165) is 25.1 Å². The molecule has 1 aromatic heterocycles. The Bertz CT molecular complexity index is 725. The van der Waals surface area contributed by atoms with Gasteiger partial charge in [-0.2, -0.15) is 5.10 Å². The minimum absolute atomic E-state index is 0.135. The summed E-state index contributed by atoms with van der Waals surface area (Å²) in [5, 5.41) is 7.75. The standard InChI is InChI=1S/C19H23N3O2/c1-13-9-16(13)19(23)20-10-17-18-15(7-8-24-17)12-22(21-18)11-14-5-3-2-4-6-14/h2-6,12-13,16-17H,7-11H2,1H3,(H,20,23)/t13-,16-,17+/m1/s1. The van der Waals surface area contributed by atoms with Crippen molar-refractivity contribution in [2.75, 3.05) is 13.2 Å². The molecule has 2 heterocycles. The molecule has 0 bridgehead atoms. The van der Waals surface area contributed by atoms with Crippen LogP contribution in [0.15, 0.2) is 36.5 Å². The molecule has 1 aromatic carbocycles. The molecule has 1 amide bonds. The van der Waals surface area contributed by atoms with Crippen molar-refractivity contribution in [2.24, 2.45) is 11.8 Å². The van der Waals surface area contributed by atoms with Gasteiger partial charge in [0.2, 0.25) is 5.91 Å². The Morgan fingerprint density at radius 2 is 2.17 bits per heavy atom. The number of carbonyl (C=O) groups excluding carboxylic acids is 1. The molecule has 24 heavy (non-hydrogen) atoms. The second-order valence-corrected chi connectivity index (χ2v) is 6.90. The van der Waals surface area contributed by atoms with E-state index < -0.39 is 0 Å². The van der Waals surface area contributed by atoms with E-state index >= 15 is 0 Å². The van der Waals surface area contributed by atoms with Crippen LogP contribution in [-0.4, -0.2) is 28.8 Å². The Morgan fingerprint density at radius 1 is 1.38 bits per heavy atom. The van der Waals surface area contributed by atoms with Gasteiger partial charge in [-0.25, -0.2) is 0 Å². The number of aromatic nitrogens is 2. The number of benzene rings is 1. The Hall–Kier alpha value is -2.14. The zero-order chi connectivity index (χ0) is 16.5. The lowest BCUT2D eigenvalue weighted by Gasteiger charge is -2.22. The first-order chi connectivity index (χ1) is 11.7. The fourth-order valence-electron chi connectivity index (χ4n) is 3.35. The molecule has 2 aliphatic rings. The Morgan fingerprint density at radius 3 is 2.92 bits per heavy atom. The van der Waals surface area contributed by atoms with Gasteiger partial charge in [0.15, 0.2) is 0 Å². The van der Waals surface area contributed by atoms with Crippen LogP contribution in [0.4, 0.5) is 0 Å². The first-order valence-electron chi connectivity index (χ1n) is 8.70. The van der Waals surface area contributed by atoms with Gasteiger partial charge >= 0.3 is 0 Å². The van der Waals surface area contributed by atoms with E-state index in [2.05, 4.69) is 30.6 Å². The van der Waals surface area contributed by atoms with Crippen molar-refractivity contribution in [3.63, 3.8) is 0 Å². The summed E-state index contributed by atoms with van der Waals surface area (Å²) < 4.78 is 7.83. The number of rotatable bonds is 5. The highest BCUT2D eigenvalue weighted by Crippen LogP contribution is 2.37. The number of carbonyl (C=O) groups is 1. The van der Waals surface area contributed by atoms with Gasteiger partial charge in [-0.3, -0.25) is 9.48 Å². The number of amides is 1. The largest absolute Gasteiger partial charge is 0.370 e. The van der Waals surface area contributed by atoms with Crippen LogP contribution < -0.4 is 5.32 Å². The maximum atomic E-state index is 12.0. The molecule has 2 aromatic rings. The second kappa shape index (κ2) is 6.40. The van der Waals surface area contributed by atoms with Gasteiger partial charge in [-0.15, -0.1) is 0 Å². The normalized spacial score (nSPS) is 25.1. The first-order valence-corrected chi connectivity index (χ1v) is 8.70. The van der Waals surface area contributed by atoms with Crippen molar-refractivity contribution in [3.05, 3.63) is 53.3 Å². The average Bonchev–Trinajstić information content (AvgIpc) is 3.18. The van der Waals surface area contributed by atoms with E-state index in [1.54, 1.807) is 0 Å². The zero-order valence-corrected chi connectivity index (χ0v) is 13.9. The van der Waals surface area contributed by atoms with E-state index in [-0.39, 0.29) is 17.9 Å². The summed E-state index contributed by atoms with van der Waals surface area (Å²) in [6, 6.07) is 10.3. The number of hydrogen-bond acceptors (Lipinski definition) is 3. The summed E-state index contributed by atoms with van der Waals surface area (Å²) in [6.45, 7) is 4.07. The maximum absolute atomic E-state index is 12.0. The summed E-state index contributed by atoms with van der Waals surface area (Å²) in [5.41, 5.74) is 3.43. The number of nitrogens with one attached hydrogen (secondary N) is 1. The van der Waals surface area contributed by atoms with Crippen molar-refractivity contribution < 1.29 is 9.53 Å². The van der Waals surface area contributed by atoms with Crippen molar-refractivity contribution in [3.8, 4) is 0 Å². The molecule has 5 nitrogen and oxygen atoms in total.